The summed E-state index contributed by atoms with van der Waals surface area (Å²) in [6.45, 7) is 2.56. The summed E-state index contributed by atoms with van der Waals surface area (Å²) < 4.78 is 1.00. The van der Waals surface area contributed by atoms with Gasteiger partial charge >= 0.3 is 5.97 Å². The number of halogens is 1. The van der Waals surface area contributed by atoms with E-state index in [1.807, 2.05) is 31.2 Å². The molecule has 0 aliphatic rings. The van der Waals surface area contributed by atoms with Crippen molar-refractivity contribution in [3.63, 3.8) is 0 Å². The molecule has 88 valence electrons. The maximum Gasteiger partial charge on any atom is 0.321 e. The molecule has 0 aliphatic carbocycles. The van der Waals surface area contributed by atoms with E-state index in [2.05, 4.69) is 21.2 Å². The zero-order valence-corrected chi connectivity index (χ0v) is 11.3. The van der Waals surface area contributed by atoms with Gasteiger partial charge in [0, 0.05) is 15.1 Å². The van der Waals surface area contributed by atoms with Crippen molar-refractivity contribution in [1.29, 1.82) is 0 Å². The molecule has 0 radical (unpaired) electrons. The molecule has 0 saturated heterocycles. The summed E-state index contributed by atoms with van der Waals surface area (Å²) in [5.74, 6) is -0.285. The monoisotopic (exact) mass is 303 g/mol. The molecule has 0 spiro atoms. The first-order valence-electron chi connectivity index (χ1n) is 4.98. The largest absolute Gasteiger partial charge is 0.480 e. The highest BCUT2D eigenvalue weighted by atomic mass is 79.9. The number of thioether (sulfide) groups is 1. The van der Waals surface area contributed by atoms with Gasteiger partial charge in [-0.3, -0.25) is 4.79 Å². The molecule has 2 N–H and O–H groups in total. The van der Waals surface area contributed by atoms with Crippen LogP contribution in [0.15, 0.2) is 33.6 Å². The lowest BCUT2D eigenvalue weighted by atomic mass is 10.3. The first-order valence-corrected chi connectivity index (χ1v) is 6.76. The average molecular weight is 304 g/mol. The smallest absolute Gasteiger partial charge is 0.321 e. The molecule has 3 nitrogen and oxygen atoms in total. The second-order valence-corrected chi connectivity index (χ2v) is 5.11. The Balaban J connectivity index is 2.55. The van der Waals surface area contributed by atoms with Crippen LogP contribution in [0.5, 0.6) is 0 Å². The van der Waals surface area contributed by atoms with Crippen LogP contribution in [0.4, 0.5) is 0 Å². The van der Waals surface area contributed by atoms with E-state index in [1.165, 1.54) is 11.8 Å². The van der Waals surface area contributed by atoms with Crippen molar-refractivity contribution in [3.05, 3.63) is 28.7 Å². The Bertz CT molecular complexity index is 360. The predicted molar refractivity (Wildman–Crippen MR) is 70.0 cm³/mol. The molecule has 1 unspecified atom stereocenters. The minimum absolute atomic E-state index is 0.498. The van der Waals surface area contributed by atoms with Crippen LogP contribution in [0, 0.1) is 0 Å². The first-order chi connectivity index (χ1) is 7.65. The van der Waals surface area contributed by atoms with Crippen molar-refractivity contribution in [3.8, 4) is 0 Å². The van der Waals surface area contributed by atoms with Crippen LogP contribution < -0.4 is 5.32 Å². The lowest BCUT2D eigenvalue weighted by Gasteiger charge is -2.12. The summed E-state index contributed by atoms with van der Waals surface area (Å²) >= 11 is 4.97. The number of likely N-dealkylation sites (N-methyl/N-ethyl adjacent to an activating group) is 1. The SMILES string of the molecule is CCNC(CSc1ccccc1Br)C(=O)O. The van der Waals surface area contributed by atoms with Crippen molar-refractivity contribution in [2.75, 3.05) is 12.3 Å². The first kappa shape index (κ1) is 13.5. The summed E-state index contributed by atoms with van der Waals surface area (Å²) in [7, 11) is 0. The fourth-order valence-corrected chi connectivity index (χ4v) is 2.81. The Morgan fingerprint density at radius 1 is 1.56 bits per heavy atom. The molecule has 0 fully saturated rings. The van der Waals surface area contributed by atoms with Crippen LogP contribution in [-0.4, -0.2) is 29.4 Å². The van der Waals surface area contributed by atoms with Crippen molar-refractivity contribution < 1.29 is 9.90 Å². The van der Waals surface area contributed by atoms with Gasteiger partial charge in [0.05, 0.1) is 0 Å². The van der Waals surface area contributed by atoms with Crippen molar-refractivity contribution in [1.82, 2.24) is 5.32 Å². The molecule has 1 atom stereocenters. The third-order valence-electron chi connectivity index (χ3n) is 1.99. The van der Waals surface area contributed by atoms with Gasteiger partial charge < -0.3 is 10.4 Å². The normalized spacial score (nSPS) is 12.4. The molecule has 0 aliphatic heterocycles. The fraction of sp³-hybridized carbons (Fsp3) is 0.364. The van der Waals surface area contributed by atoms with Gasteiger partial charge in [-0.05, 0) is 34.6 Å². The average Bonchev–Trinajstić information content (AvgIpc) is 2.26. The second-order valence-electron chi connectivity index (χ2n) is 3.19. The molecule has 0 aromatic heterocycles. The number of aliphatic carboxylic acids is 1. The molecule has 1 aromatic carbocycles. The van der Waals surface area contributed by atoms with Crippen LogP contribution in [0.2, 0.25) is 0 Å². The maximum atomic E-state index is 10.9. The molecule has 0 heterocycles. The Morgan fingerprint density at radius 3 is 2.81 bits per heavy atom. The van der Waals surface area contributed by atoms with Gasteiger partial charge in [-0.25, -0.2) is 0 Å². The van der Waals surface area contributed by atoms with Crippen LogP contribution >= 0.6 is 27.7 Å². The van der Waals surface area contributed by atoms with E-state index in [0.717, 1.165) is 9.37 Å². The van der Waals surface area contributed by atoms with Gasteiger partial charge in [-0.15, -0.1) is 11.8 Å². The minimum atomic E-state index is -0.804. The summed E-state index contributed by atoms with van der Waals surface area (Å²) in [5, 5.41) is 11.9. The van der Waals surface area contributed by atoms with Gasteiger partial charge in [0.25, 0.3) is 0 Å². The standard InChI is InChI=1S/C11H14BrNO2S/c1-2-13-9(11(14)15)7-16-10-6-4-3-5-8(10)12/h3-6,9,13H,2,7H2,1H3,(H,14,15). The molecule has 1 rings (SSSR count). The number of carboxylic acids is 1. The summed E-state index contributed by atoms with van der Waals surface area (Å²) in [6.07, 6.45) is 0. The van der Waals surface area contributed by atoms with Crippen LogP contribution in [0.25, 0.3) is 0 Å². The minimum Gasteiger partial charge on any atom is -0.480 e. The van der Waals surface area contributed by atoms with E-state index < -0.39 is 12.0 Å². The van der Waals surface area contributed by atoms with Gasteiger partial charge in [0.1, 0.15) is 6.04 Å². The van der Waals surface area contributed by atoms with Crippen LogP contribution in [-0.2, 0) is 4.79 Å². The van der Waals surface area contributed by atoms with Crippen LogP contribution in [0.1, 0.15) is 6.92 Å². The predicted octanol–water partition coefficient (Wildman–Crippen LogP) is 2.60. The number of carboxylic acid groups (broad SMARTS) is 1. The number of nitrogens with one attached hydrogen (secondary N) is 1. The third-order valence-corrected chi connectivity index (χ3v) is 4.11. The Morgan fingerprint density at radius 2 is 2.25 bits per heavy atom. The van der Waals surface area contributed by atoms with Crippen molar-refractivity contribution in [2.24, 2.45) is 0 Å². The molecular weight excluding hydrogens is 290 g/mol. The van der Waals surface area contributed by atoms with Crippen molar-refractivity contribution in [2.45, 2.75) is 17.9 Å². The Labute approximate surface area is 108 Å². The molecule has 0 bridgehead atoms. The number of hydrogen-bond acceptors (Lipinski definition) is 3. The number of benzene rings is 1. The Hall–Kier alpha value is -0.520. The van der Waals surface area contributed by atoms with E-state index in [4.69, 9.17) is 5.11 Å². The number of rotatable bonds is 6. The van der Waals surface area contributed by atoms with Crippen LogP contribution in [0.3, 0.4) is 0 Å². The highest BCUT2D eigenvalue weighted by molar-refractivity contribution is 9.10. The topological polar surface area (TPSA) is 49.3 Å². The molecule has 0 amide bonds. The lowest BCUT2D eigenvalue weighted by Crippen LogP contribution is -2.38. The lowest BCUT2D eigenvalue weighted by molar-refractivity contribution is -0.138. The molecule has 5 heteroatoms. The van der Waals surface area contributed by atoms with Gasteiger partial charge in [-0.1, -0.05) is 19.1 Å². The zero-order chi connectivity index (χ0) is 12.0. The van der Waals surface area contributed by atoms with E-state index in [9.17, 15) is 4.79 Å². The molecular formula is C11H14BrNO2S. The Kier molecular flexibility index (Phi) is 5.87. The highest BCUT2D eigenvalue weighted by Crippen LogP contribution is 2.27. The summed E-state index contributed by atoms with van der Waals surface area (Å²) in [6, 6.07) is 7.30. The fourth-order valence-electron chi connectivity index (χ4n) is 1.20. The molecule has 16 heavy (non-hydrogen) atoms. The molecule has 0 saturated carbocycles. The number of carbonyl (C=O) groups is 1. The van der Waals surface area contributed by atoms with E-state index in [-0.39, 0.29) is 0 Å². The third kappa shape index (κ3) is 4.15. The highest BCUT2D eigenvalue weighted by Gasteiger charge is 2.16. The van der Waals surface area contributed by atoms with Crippen molar-refractivity contribution >= 4 is 33.7 Å². The number of hydrogen-bond donors (Lipinski definition) is 2. The van der Waals surface area contributed by atoms with E-state index in [0.29, 0.717) is 12.3 Å². The summed E-state index contributed by atoms with van der Waals surface area (Å²) in [5.41, 5.74) is 0. The van der Waals surface area contributed by atoms with E-state index in [1.54, 1.807) is 0 Å². The van der Waals surface area contributed by atoms with Gasteiger partial charge in [-0.2, -0.15) is 0 Å². The van der Waals surface area contributed by atoms with E-state index >= 15 is 0 Å². The van der Waals surface area contributed by atoms with Gasteiger partial charge in [0.15, 0.2) is 0 Å². The molecule has 1 aromatic rings. The second kappa shape index (κ2) is 6.93. The quantitative estimate of drug-likeness (QED) is 0.793. The zero-order valence-electron chi connectivity index (χ0n) is 8.94. The maximum absolute atomic E-state index is 10.9. The van der Waals surface area contributed by atoms with Gasteiger partial charge in [0.2, 0.25) is 0 Å². The summed E-state index contributed by atoms with van der Waals surface area (Å²) in [4.78, 5) is 12.0.